The van der Waals surface area contributed by atoms with E-state index in [4.69, 9.17) is 4.74 Å². The molecule has 6 heteroatoms. The quantitative estimate of drug-likeness (QED) is 0.788. The van der Waals surface area contributed by atoms with Crippen LogP contribution >= 0.6 is 0 Å². The van der Waals surface area contributed by atoms with Crippen LogP contribution in [0.2, 0.25) is 0 Å². The second-order valence-electron chi connectivity index (χ2n) is 7.00. The van der Waals surface area contributed by atoms with Gasteiger partial charge in [0.2, 0.25) is 10.0 Å². The van der Waals surface area contributed by atoms with Crippen molar-refractivity contribution in [3.8, 4) is 0 Å². The largest absolute Gasteiger partial charge is 0.459 e. The molecule has 19 heavy (non-hydrogen) atoms. The van der Waals surface area contributed by atoms with Gasteiger partial charge in [0, 0.05) is 0 Å². The van der Waals surface area contributed by atoms with Crippen molar-refractivity contribution in [1.29, 1.82) is 0 Å². The fourth-order valence-corrected chi connectivity index (χ4v) is 2.84. The Morgan fingerprint density at radius 3 is 2.00 bits per heavy atom. The first kappa shape index (κ1) is 18.4. The molecule has 0 fully saturated rings. The van der Waals surface area contributed by atoms with Crippen LogP contribution in [0.15, 0.2) is 0 Å². The van der Waals surface area contributed by atoms with E-state index in [-0.39, 0.29) is 11.2 Å². The second-order valence-corrected chi connectivity index (χ2v) is 8.88. The Hall–Kier alpha value is -0.620. The molecule has 0 unspecified atom stereocenters. The minimum absolute atomic E-state index is 0.00361. The zero-order chi connectivity index (χ0) is 15.5. The van der Waals surface area contributed by atoms with Crippen LogP contribution in [0.5, 0.6) is 0 Å². The summed E-state index contributed by atoms with van der Waals surface area (Å²) in [5.41, 5.74) is -0.688. The number of ether oxygens (including phenoxy) is 1. The van der Waals surface area contributed by atoms with Gasteiger partial charge in [-0.2, -0.15) is 0 Å². The van der Waals surface area contributed by atoms with Crippen LogP contribution < -0.4 is 4.72 Å². The molecule has 0 saturated carbocycles. The molecular formula is C13H27NO4S. The zero-order valence-electron chi connectivity index (χ0n) is 13.0. The number of carbonyl (C=O) groups excluding carboxylic acids is 1. The third-order valence-electron chi connectivity index (χ3n) is 2.24. The molecule has 0 aliphatic rings. The van der Waals surface area contributed by atoms with Crippen LogP contribution in [-0.2, 0) is 19.6 Å². The standard InChI is InChI=1S/C13H27NO4S/c1-10(11(15)18-13(5,6)7)14-19(16,17)9-8-12(2,3)4/h10,14H,8-9H2,1-7H3/t10-/m1/s1. The Morgan fingerprint density at radius 1 is 1.16 bits per heavy atom. The van der Waals surface area contributed by atoms with E-state index >= 15 is 0 Å². The Balaban J connectivity index is 4.47. The van der Waals surface area contributed by atoms with Crippen molar-refractivity contribution < 1.29 is 17.9 Å². The summed E-state index contributed by atoms with van der Waals surface area (Å²) in [7, 11) is -3.47. The summed E-state index contributed by atoms with van der Waals surface area (Å²) >= 11 is 0. The van der Waals surface area contributed by atoms with E-state index in [0.29, 0.717) is 6.42 Å². The lowest BCUT2D eigenvalue weighted by atomic mass is 9.94. The molecule has 0 saturated heterocycles. The molecule has 0 aliphatic carbocycles. The van der Waals surface area contributed by atoms with Crippen molar-refractivity contribution in [2.24, 2.45) is 5.41 Å². The van der Waals surface area contributed by atoms with Crippen molar-refractivity contribution in [3.05, 3.63) is 0 Å². The van der Waals surface area contributed by atoms with E-state index in [9.17, 15) is 13.2 Å². The molecule has 5 nitrogen and oxygen atoms in total. The highest BCUT2D eigenvalue weighted by atomic mass is 32.2. The summed E-state index contributed by atoms with van der Waals surface area (Å²) in [6, 6.07) is -0.871. The molecule has 1 N–H and O–H groups in total. The number of rotatable bonds is 5. The highest BCUT2D eigenvalue weighted by Crippen LogP contribution is 2.19. The number of nitrogens with one attached hydrogen (secondary N) is 1. The molecule has 0 aromatic rings. The summed E-state index contributed by atoms with van der Waals surface area (Å²) in [6.07, 6.45) is 0.531. The second kappa shape index (κ2) is 6.22. The topological polar surface area (TPSA) is 72.5 Å². The van der Waals surface area contributed by atoms with Crippen molar-refractivity contribution >= 4 is 16.0 Å². The van der Waals surface area contributed by atoms with Gasteiger partial charge in [-0.05, 0) is 39.5 Å². The van der Waals surface area contributed by atoms with Crippen molar-refractivity contribution in [2.75, 3.05) is 5.75 Å². The van der Waals surface area contributed by atoms with E-state index in [1.165, 1.54) is 6.92 Å². The van der Waals surface area contributed by atoms with Crippen LogP contribution in [0.25, 0.3) is 0 Å². The van der Waals surface area contributed by atoms with Gasteiger partial charge in [-0.15, -0.1) is 0 Å². The van der Waals surface area contributed by atoms with Crippen molar-refractivity contribution in [2.45, 2.75) is 66.5 Å². The van der Waals surface area contributed by atoms with Crippen LogP contribution in [-0.4, -0.2) is 31.8 Å². The van der Waals surface area contributed by atoms with Gasteiger partial charge < -0.3 is 4.74 Å². The molecular weight excluding hydrogens is 266 g/mol. The molecule has 0 aromatic heterocycles. The average molecular weight is 293 g/mol. The van der Waals surface area contributed by atoms with Gasteiger partial charge in [0.05, 0.1) is 5.75 Å². The van der Waals surface area contributed by atoms with Crippen molar-refractivity contribution in [3.63, 3.8) is 0 Å². The molecule has 0 bridgehead atoms. The molecule has 0 amide bonds. The minimum Gasteiger partial charge on any atom is -0.459 e. The number of esters is 1. The Morgan fingerprint density at radius 2 is 1.63 bits per heavy atom. The predicted octanol–water partition coefficient (Wildman–Crippen LogP) is 2.07. The average Bonchev–Trinajstić information content (AvgIpc) is 2.10. The lowest BCUT2D eigenvalue weighted by Crippen LogP contribution is -2.43. The first-order chi connectivity index (χ1) is 8.22. The lowest BCUT2D eigenvalue weighted by Gasteiger charge is -2.23. The van der Waals surface area contributed by atoms with E-state index in [2.05, 4.69) is 4.72 Å². The van der Waals surface area contributed by atoms with Crippen molar-refractivity contribution in [1.82, 2.24) is 4.72 Å². The van der Waals surface area contributed by atoms with E-state index < -0.39 is 27.6 Å². The summed E-state index contributed by atoms with van der Waals surface area (Å²) in [6.45, 7) is 12.6. The number of sulfonamides is 1. The van der Waals surface area contributed by atoms with Gasteiger partial charge in [-0.1, -0.05) is 20.8 Å². The van der Waals surface area contributed by atoms with Gasteiger partial charge >= 0.3 is 5.97 Å². The monoisotopic (exact) mass is 293 g/mol. The molecule has 0 aliphatic heterocycles. The number of carbonyl (C=O) groups is 1. The predicted molar refractivity (Wildman–Crippen MR) is 76.3 cm³/mol. The molecule has 0 radical (unpaired) electrons. The molecule has 0 spiro atoms. The summed E-state index contributed by atoms with van der Waals surface area (Å²) in [5.74, 6) is -0.560. The highest BCUT2D eigenvalue weighted by Gasteiger charge is 2.26. The molecule has 1 atom stereocenters. The Labute approximate surface area is 117 Å². The van der Waals surface area contributed by atoms with Gasteiger partial charge in [0.1, 0.15) is 11.6 Å². The highest BCUT2D eigenvalue weighted by molar-refractivity contribution is 7.89. The Kier molecular flexibility index (Phi) is 6.02. The van der Waals surface area contributed by atoms with Gasteiger partial charge in [0.25, 0.3) is 0 Å². The van der Waals surface area contributed by atoms with Gasteiger partial charge in [-0.3, -0.25) is 4.79 Å². The van der Waals surface area contributed by atoms with Gasteiger partial charge in [0.15, 0.2) is 0 Å². The maximum absolute atomic E-state index is 11.8. The smallest absolute Gasteiger partial charge is 0.324 e. The maximum Gasteiger partial charge on any atom is 0.324 e. The third-order valence-corrected chi connectivity index (χ3v) is 3.69. The zero-order valence-corrected chi connectivity index (χ0v) is 13.8. The summed E-state index contributed by atoms with van der Waals surface area (Å²) in [5, 5.41) is 0. The summed E-state index contributed by atoms with van der Waals surface area (Å²) in [4.78, 5) is 11.7. The molecule has 0 aromatic carbocycles. The lowest BCUT2D eigenvalue weighted by molar-refractivity contribution is -0.156. The number of hydrogen-bond donors (Lipinski definition) is 1. The first-order valence-corrected chi connectivity index (χ1v) is 8.10. The van der Waals surface area contributed by atoms with Gasteiger partial charge in [-0.25, -0.2) is 13.1 Å². The third kappa shape index (κ3) is 9.90. The van der Waals surface area contributed by atoms with Crippen LogP contribution in [0.4, 0.5) is 0 Å². The van der Waals surface area contributed by atoms with E-state index in [1.54, 1.807) is 20.8 Å². The van der Waals surface area contributed by atoms with Crippen LogP contribution in [0, 0.1) is 5.41 Å². The van der Waals surface area contributed by atoms with Crippen LogP contribution in [0.3, 0.4) is 0 Å². The van der Waals surface area contributed by atoms with E-state index in [1.807, 2.05) is 20.8 Å². The normalized spacial score (nSPS) is 15.1. The SMILES string of the molecule is C[C@@H](NS(=O)(=O)CCC(C)(C)C)C(=O)OC(C)(C)C. The van der Waals surface area contributed by atoms with E-state index in [0.717, 1.165) is 0 Å². The minimum atomic E-state index is -3.47. The summed E-state index contributed by atoms with van der Waals surface area (Å²) < 4.78 is 31.2. The molecule has 0 heterocycles. The molecule has 114 valence electrons. The molecule has 0 rings (SSSR count). The Bertz CT molecular complexity index is 401. The van der Waals surface area contributed by atoms with Crippen LogP contribution in [0.1, 0.15) is 54.9 Å². The number of hydrogen-bond acceptors (Lipinski definition) is 4. The fraction of sp³-hybridized carbons (Fsp3) is 0.923. The fourth-order valence-electron chi connectivity index (χ4n) is 1.21. The maximum atomic E-state index is 11.8. The first-order valence-electron chi connectivity index (χ1n) is 6.45.